The number of piperidine rings is 1. The maximum Gasteiger partial charge on any atom is 0.231 e. The van der Waals surface area contributed by atoms with Crippen molar-refractivity contribution in [1.29, 1.82) is 0 Å². The number of aromatic nitrogens is 1. The van der Waals surface area contributed by atoms with E-state index in [0.717, 1.165) is 37.7 Å². The molecular formula is C19H23N3O2S. The molecule has 6 heteroatoms. The number of fused-ring (bicyclic) bond motifs is 1. The van der Waals surface area contributed by atoms with Crippen LogP contribution in [0.1, 0.15) is 29.8 Å². The third kappa shape index (κ3) is 2.92. The molecule has 25 heavy (non-hydrogen) atoms. The predicted molar refractivity (Wildman–Crippen MR) is 96.9 cm³/mol. The Hall–Kier alpha value is -1.63. The first-order valence-electron chi connectivity index (χ1n) is 9.05. The summed E-state index contributed by atoms with van der Waals surface area (Å²) in [7, 11) is 0. The molecule has 0 unspecified atom stereocenters. The molecule has 1 spiro atoms. The van der Waals surface area contributed by atoms with Crippen LogP contribution in [-0.4, -0.2) is 35.8 Å². The second kappa shape index (κ2) is 6.27. The monoisotopic (exact) mass is 357 g/mol. The van der Waals surface area contributed by atoms with Gasteiger partial charge in [-0.2, -0.15) is 0 Å². The van der Waals surface area contributed by atoms with Crippen LogP contribution in [0.3, 0.4) is 0 Å². The molecule has 2 aromatic rings. The summed E-state index contributed by atoms with van der Waals surface area (Å²) in [4.78, 5) is 7.13. The summed E-state index contributed by atoms with van der Waals surface area (Å²) in [6.45, 7) is 4.45. The minimum Gasteiger partial charge on any atom is -0.454 e. The van der Waals surface area contributed by atoms with Gasteiger partial charge in [-0.1, -0.05) is 12.1 Å². The molecule has 3 aliphatic rings. The van der Waals surface area contributed by atoms with E-state index in [1.54, 1.807) is 11.3 Å². The number of hydrogen-bond acceptors (Lipinski definition) is 6. The van der Waals surface area contributed by atoms with Crippen LogP contribution in [0.4, 0.5) is 0 Å². The van der Waals surface area contributed by atoms with Gasteiger partial charge in [0.15, 0.2) is 11.5 Å². The van der Waals surface area contributed by atoms with E-state index >= 15 is 0 Å². The lowest BCUT2D eigenvalue weighted by atomic mass is 9.93. The second-order valence-electron chi connectivity index (χ2n) is 7.31. The van der Waals surface area contributed by atoms with Crippen LogP contribution in [0.25, 0.3) is 0 Å². The van der Waals surface area contributed by atoms with Crippen molar-refractivity contribution in [1.82, 2.24) is 15.2 Å². The van der Waals surface area contributed by atoms with Crippen molar-refractivity contribution in [2.45, 2.75) is 38.4 Å². The summed E-state index contributed by atoms with van der Waals surface area (Å²) < 4.78 is 11.3. The largest absolute Gasteiger partial charge is 0.454 e. The maximum absolute atomic E-state index is 5.73. The molecule has 2 fully saturated rings. The van der Waals surface area contributed by atoms with Crippen molar-refractivity contribution in [3.63, 3.8) is 0 Å². The Bertz CT molecular complexity index is 743. The molecule has 1 N–H and O–H groups in total. The van der Waals surface area contributed by atoms with Gasteiger partial charge in [0.25, 0.3) is 0 Å². The molecule has 5 nitrogen and oxygen atoms in total. The topological polar surface area (TPSA) is 46.6 Å². The minimum absolute atomic E-state index is 0.331. The van der Waals surface area contributed by atoms with Crippen molar-refractivity contribution in [3.05, 3.63) is 40.3 Å². The minimum atomic E-state index is 0.331. The van der Waals surface area contributed by atoms with E-state index in [1.165, 1.54) is 29.8 Å². The van der Waals surface area contributed by atoms with Gasteiger partial charge in [-0.05, 0) is 43.8 Å². The van der Waals surface area contributed by atoms with Crippen LogP contribution in [0.5, 0.6) is 11.5 Å². The normalized spacial score (nSPS) is 23.3. The fourth-order valence-corrected chi connectivity index (χ4v) is 5.06. The lowest BCUT2D eigenvalue weighted by Gasteiger charge is -2.29. The van der Waals surface area contributed by atoms with Crippen LogP contribution >= 0.6 is 11.3 Å². The molecule has 1 saturated carbocycles. The molecule has 0 bridgehead atoms. The number of rotatable bonds is 5. The highest BCUT2D eigenvalue weighted by Crippen LogP contribution is 2.56. The molecule has 2 aliphatic heterocycles. The third-order valence-corrected chi connectivity index (χ3v) is 6.62. The highest BCUT2D eigenvalue weighted by Gasteiger charge is 2.56. The zero-order valence-corrected chi connectivity index (χ0v) is 15.1. The first-order valence-corrected chi connectivity index (χ1v) is 9.93. The Balaban J connectivity index is 1.40. The first kappa shape index (κ1) is 15.6. The Kier molecular flexibility index (Phi) is 3.91. The van der Waals surface area contributed by atoms with Gasteiger partial charge in [0.2, 0.25) is 6.79 Å². The van der Waals surface area contributed by atoms with Crippen molar-refractivity contribution < 1.29 is 9.47 Å². The third-order valence-electron chi connectivity index (χ3n) is 5.86. The average Bonchev–Trinajstić information content (AvgIpc) is 3.03. The van der Waals surface area contributed by atoms with E-state index in [2.05, 4.69) is 32.7 Å². The van der Waals surface area contributed by atoms with E-state index in [1.807, 2.05) is 12.3 Å². The number of ether oxygens (including phenoxy) is 2. The van der Waals surface area contributed by atoms with Gasteiger partial charge in [0.1, 0.15) is 5.01 Å². The van der Waals surface area contributed by atoms with E-state index in [-0.39, 0.29) is 0 Å². The molecule has 0 radical (unpaired) electrons. The zero-order valence-electron chi connectivity index (χ0n) is 14.2. The van der Waals surface area contributed by atoms with Gasteiger partial charge in [-0.15, -0.1) is 11.3 Å². The average molecular weight is 357 g/mol. The zero-order chi connectivity index (χ0) is 16.7. The first-order chi connectivity index (χ1) is 12.3. The summed E-state index contributed by atoms with van der Waals surface area (Å²) in [6.07, 6.45) is 5.80. The van der Waals surface area contributed by atoms with Crippen LogP contribution in [-0.2, 0) is 13.1 Å². The van der Waals surface area contributed by atoms with E-state index < -0.39 is 0 Å². The fraction of sp³-hybridized carbons (Fsp3) is 0.526. The molecule has 3 heterocycles. The molecule has 1 aromatic carbocycles. The standard InChI is InChI=1S/C19H23N3O2S/c1-2-14(18-15(3-1)23-13-24-18)11-22(12-17-21-8-9-25-17)16-10-19(16)4-6-20-7-5-19/h1-3,8-9,16,20H,4-7,10-13H2/t16-/m0/s1. The highest BCUT2D eigenvalue weighted by atomic mass is 32.1. The van der Waals surface area contributed by atoms with Crippen molar-refractivity contribution >= 4 is 11.3 Å². The van der Waals surface area contributed by atoms with Crippen LogP contribution in [0.2, 0.25) is 0 Å². The number of nitrogens with one attached hydrogen (secondary N) is 1. The van der Waals surface area contributed by atoms with Crippen molar-refractivity contribution in [3.8, 4) is 11.5 Å². The van der Waals surface area contributed by atoms with Gasteiger partial charge in [0, 0.05) is 29.7 Å². The number of para-hydroxylation sites is 1. The molecule has 5 rings (SSSR count). The summed E-state index contributed by atoms with van der Waals surface area (Å²) in [5, 5.41) is 6.77. The van der Waals surface area contributed by atoms with Crippen LogP contribution in [0.15, 0.2) is 29.8 Å². The SMILES string of the molecule is c1cc(CN(Cc2nccs2)[C@H]2CC23CCNCC3)c2c(c1)OCO2. The smallest absolute Gasteiger partial charge is 0.231 e. The van der Waals surface area contributed by atoms with E-state index in [4.69, 9.17) is 9.47 Å². The Morgan fingerprint density at radius 1 is 1.24 bits per heavy atom. The molecule has 1 aliphatic carbocycles. The van der Waals surface area contributed by atoms with Crippen molar-refractivity contribution in [2.24, 2.45) is 5.41 Å². The Morgan fingerprint density at radius 2 is 2.16 bits per heavy atom. The van der Waals surface area contributed by atoms with Crippen LogP contribution in [0, 0.1) is 5.41 Å². The fourth-order valence-electron chi connectivity index (χ4n) is 4.42. The molecule has 1 atom stereocenters. The summed E-state index contributed by atoms with van der Waals surface area (Å²) in [5.41, 5.74) is 1.74. The highest BCUT2D eigenvalue weighted by molar-refractivity contribution is 7.09. The number of nitrogens with zero attached hydrogens (tertiary/aromatic N) is 2. The Labute approximate surface area is 152 Å². The summed E-state index contributed by atoms with van der Waals surface area (Å²) in [6, 6.07) is 6.87. The second-order valence-corrected chi connectivity index (χ2v) is 8.29. The van der Waals surface area contributed by atoms with Gasteiger partial charge < -0.3 is 14.8 Å². The van der Waals surface area contributed by atoms with E-state index in [0.29, 0.717) is 18.2 Å². The molecular weight excluding hydrogens is 334 g/mol. The molecule has 132 valence electrons. The van der Waals surface area contributed by atoms with Gasteiger partial charge >= 0.3 is 0 Å². The number of hydrogen-bond donors (Lipinski definition) is 1. The number of benzene rings is 1. The van der Waals surface area contributed by atoms with Gasteiger partial charge in [-0.25, -0.2) is 4.98 Å². The van der Waals surface area contributed by atoms with Crippen molar-refractivity contribution in [2.75, 3.05) is 19.9 Å². The molecule has 0 amide bonds. The molecule has 1 saturated heterocycles. The summed E-state index contributed by atoms with van der Waals surface area (Å²) >= 11 is 1.75. The molecule has 1 aromatic heterocycles. The maximum atomic E-state index is 5.73. The van der Waals surface area contributed by atoms with Gasteiger partial charge in [0.05, 0.1) is 6.54 Å². The predicted octanol–water partition coefficient (Wildman–Crippen LogP) is 3.02. The lowest BCUT2D eigenvalue weighted by Crippen LogP contribution is -2.35. The quantitative estimate of drug-likeness (QED) is 0.891. The Morgan fingerprint density at radius 3 is 3.00 bits per heavy atom. The van der Waals surface area contributed by atoms with Crippen LogP contribution < -0.4 is 14.8 Å². The van der Waals surface area contributed by atoms with E-state index in [9.17, 15) is 0 Å². The number of thiazole rings is 1. The lowest BCUT2D eigenvalue weighted by molar-refractivity contribution is 0.167. The summed E-state index contributed by atoms with van der Waals surface area (Å²) in [5.74, 6) is 1.80. The van der Waals surface area contributed by atoms with Gasteiger partial charge in [-0.3, -0.25) is 4.90 Å².